The number of halogens is 1. The third kappa shape index (κ3) is 6.57. The Labute approximate surface area is 182 Å². The zero-order valence-electron chi connectivity index (χ0n) is 17.6. The van der Waals surface area contributed by atoms with Gasteiger partial charge in [0.2, 0.25) is 0 Å². The summed E-state index contributed by atoms with van der Waals surface area (Å²) in [5.41, 5.74) is 3.04. The van der Waals surface area contributed by atoms with Crippen molar-refractivity contribution in [2.45, 2.75) is 39.2 Å². The number of aryl methyl sites for hydroxylation is 1. The van der Waals surface area contributed by atoms with Gasteiger partial charge in [-0.2, -0.15) is 0 Å². The maximum Gasteiger partial charge on any atom is 0.303 e. The van der Waals surface area contributed by atoms with Crippen molar-refractivity contribution in [1.29, 1.82) is 0 Å². The number of ether oxygens (including phenoxy) is 2. The molecule has 0 fully saturated rings. The SMILES string of the molecule is CCCCOc1cc(COc2cccc(CCC(=O)O)c2)ccc1-c1ccccc1F. The minimum absolute atomic E-state index is 0.0828. The van der Waals surface area contributed by atoms with E-state index in [4.69, 9.17) is 14.6 Å². The summed E-state index contributed by atoms with van der Waals surface area (Å²) in [6, 6.07) is 19.8. The second-order valence-corrected chi connectivity index (χ2v) is 7.34. The van der Waals surface area contributed by atoms with Crippen LogP contribution in [0.4, 0.5) is 4.39 Å². The molecule has 3 rings (SSSR count). The van der Waals surface area contributed by atoms with Crippen LogP contribution in [0.2, 0.25) is 0 Å². The summed E-state index contributed by atoms with van der Waals surface area (Å²) < 4.78 is 26.2. The van der Waals surface area contributed by atoms with Crippen LogP contribution < -0.4 is 9.47 Å². The molecule has 0 aromatic heterocycles. The molecule has 0 radical (unpaired) electrons. The third-order valence-electron chi connectivity index (χ3n) is 4.90. The average Bonchev–Trinajstić information content (AvgIpc) is 2.77. The zero-order chi connectivity index (χ0) is 22.1. The Bertz CT molecular complexity index is 1020. The summed E-state index contributed by atoms with van der Waals surface area (Å²) in [5, 5.41) is 8.85. The van der Waals surface area contributed by atoms with Gasteiger partial charge >= 0.3 is 5.97 Å². The fourth-order valence-electron chi connectivity index (χ4n) is 3.21. The van der Waals surface area contributed by atoms with Crippen LogP contribution >= 0.6 is 0 Å². The van der Waals surface area contributed by atoms with Crippen molar-refractivity contribution in [1.82, 2.24) is 0 Å². The van der Waals surface area contributed by atoms with E-state index in [0.29, 0.717) is 42.3 Å². The smallest absolute Gasteiger partial charge is 0.303 e. The lowest BCUT2D eigenvalue weighted by molar-refractivity contribution is -0.136. The molecule has 162 valence electrons. The third-order valence-corrected chi connectivity index (χ3v) is 4.90. The molecule has 1 N–H and O–H groups in total. The van der Waals surface area contributed by atoms with Crippen molar-refractivity contribution in [3.63, 3.8) is 0 Å². The van der Waals surface area contributed by atoms with Crippen LogP contribution in [0.15, 0.2) is 66.7 Å². The Morgan fingerprint density at radius 1 is 0.935 bits per heavy atom. The highest BCUT2D eigenvalue weighted by molar-refractivity contribution is 5.71. The van der Waals surface area contributed by atoms with E-state index in [0.717, 1.165) is 24.0 Å². The van der Waals surface area contributed by atoms with Crippen LogP contribution in [0.25, 0.3) is 11.1 Å². The molecule has 3 aromatic rings. The maximum atomic E-state index is 14.3. The normalized spacial score (nSPS) is 10.6. The van der Waals surface area contributed by atoms with Gasteiger partial charge in [-0.3, -0.25) is 4.79 Å². The van der Waals surface area contributed by atoms with Crippen LogP contribution in [0.1, 0.15) is 37.3 Å². The first kappa shape index (κ1) is 22.3. The summed E-state index contributed by atoms with van der Waals surface area (Å²) in [6.45, 7) is 2.98. The lowest BCUT2D eigenvalue weighted by Crippen LogP contribution is -2.02. The van der Waals surface area contributed by atoms with Crippen molar-refractivity contribution in [2.24, 2.45) is 0 Å². The molecule has 0 amide bonds. The second-order valence-electron chi connectivity index (χ2n) is 7.34. The summed E-state index contributed by atoms with van der Waals surface area (Å²) in [4.78, 5) is 10.8. The fraction of sp³-hybridized carbons (Fsp3) is 0.269. The Kier molecular flexibility index (Phi) is 8.05. The van der Waals surface area contributed by atoms with E-state index in [1.807, 2.05) is 48.5 Å². The number of carboxylic acids is 1. The molecule has 31 heavy (non-hydrogen) atoms. The van der Waals surface area contributed by atoms with Crippen molar-refractivity contribution in [3.8, 4) is 22.6 Å². The van der Waals surface area contributed by atoms with Crippen LogP contribution in [-0.4, -0.2) is 17.7 Å². The highest BCUT2D eigenvalue weighted by atomic mass is 19.1. The first-order chi connectivity index (χ1) is 15.1. The predicted molar refractivity (Wildman–Crippen MR) is 119 cm³/mol. The highest BCUT2D eigenvalue weighted by Gasteiger charge is 2.12. The molecular weight excluding hydrogens is 395 g/mol. The number of unbranched alkanes of at least 4 members (excludes halogenated alkanes) is 1. The van der Waals surface area contributed by atoms with Crippen LogP contribution in [0, 0.1) is 5.82 Å². The quantitative estimate of drug-likeness (QED) is 0.370. The van der Waals surface area contributed by atoms with E-state index in [1.54, 1.807) is 12.1 Å². The number of carbonyl (C=O) groups is 1. The lowest BCUT2D eigenvalue weighted by atomic mass is 10.0. The van der Waals surface area contributed by atoms with E-state index >= 15 is 0 Å². The summed E-state index contributed by atoms with van der Waals surface area (Å²) in [5.74, 6) is 0.200. The van der Waals surface area contributed by atoms with Gasteiger partial charge in [-0.25, -0.2) is 4.39 Å². The van der Waals surface area contributed by atoms with Gasteiger partial charge in [0.25, 0.3) is 0 Å². The standard InChI is InChI=1S/C26H27FO4/c1-2-3-15-30-25-17-20(11-13-23(25)22-9-4-5-10-24(22)27)18-31-21-8-6-7-19(16-21)12-14-26(28)29/h4-11,13,16-17H,2-3,12,14-15,18H2,1H3,(H,28,29). The molecule has 0 bridgehead atoms. The topological polar surface area (TPSA) is 55.8 Å². The minimum Gasteiger partial charge on any atom is -0.493 e. The van der Waals surface area contributed by atoms with Crippen molar-refractivity contribution in [2.75, 3.05) is 6.61 Å². The van der Waals surface area contributed by atoms with Gasteiger partial charge in [0.15, 0.2) is 0 Å². The monoisotopic (exact) mass is 422 g/mol. The number of rotatable bonds is 11. The highest BCUT2D eigenvalue weighted by Crippen LogP contribution is 2.33. The van der Waals surface area contributed by atoms with Crippen molar-refractivity contribution >= 4 is 5.97 Å². The molecular formula is C26H27FO4. The van der Waals surface area contributed by atoms with Crippen molar-refractivity contribution < 1.29 is 23.8 Å². The molecule has 3 aromatic carbocycles. The van der Waals surface area contributed by atoms with Gasteiger partial charge in [-0.05, 0) is 48.2 Å². The molecule has 0 saturated heterocycles. The molecule has 0 aliphatic carbocycles. The molecule has 0 unspecified atom stereocenters. The first-order valence-corrected chi connectivity index (χ1v) is 10.5. The van der Waals surface area contributed by atoms with E-state index < -0.39 is 5.97 Å². The largest absolute Gasteiger partial charge is 0.493 e. The Balaban J connectivity index is 1.76. The molecule has 0 spiro atoms. The fourth-order valence-corrected chi connectivity index (χ4v) is 3.21. The van der Waals surface area contributed by atoms with Gasteiger partial charge < -0.3 is 14.6 Å². The maximum absolute atomic E-state index is 14.3. The van der Waals surface area contributed by atoms with E-state index in [9.17, 15) is 9.18 Å². The van der Waals surface area contributed by atoms with E-state index in [2.05, 4.69) is 6.92 Å². The van der Waals surface area contributed by atoms with E-state index in [1.165, 1.54) is 6.07 Å². The summed E-state index contributed by atoms with van der Waals surface area (Å²) >= 11 is 0. The number of hydrogen-bond donors (Lipinski definition) is 1. The number of hydrogen-bond acceptors (Lipinski definition) is 3. The number of aliphatic carboxylic acids is 1. The molecule has 4 nitrogen and oxygen atoms in total. The second kappa shape index (κ2) is 11.2. The van der Waals surface area contributed by atoms with Gasteiger partial charge in [0.05, 0.1) is 6.61 Å². The van der Waals surface area contributed by atoms with Gasteiger partial charge in [0.1, 0.15) is 23.9 Å². The molecule has 5 heteroatoms. The summed E-state index contributed by atoms with van der Waals surface area (Å²) in [6.07, 6.45) is 2.47. The molecule has 0 saturated carbocycles. The van der Waals surface area contributed by atoms with Crippen LogP contribution in [-0.2, 0) is 17.8 Å². The Morgan fingerprint density at radius 3 is 2.55 bits per heavy atom. The lowest BCUT2D eigenvalue weighted by Gasteiger charge is -2.15. The number of benzene rings is 3. The summed E-state index contributed by atoms with van der Waals surface area (Å²) in [7, 11) is 0. The van der Waals surface area contributed by atoms with Crippen molar-refractivity contribution in [3.05, 3.63) is 83.7 Å². The number of carboxylic acid groups (broad SMARTS) is 1. The Morgan fingerprint density at radius 2 is 1.77 bits per heavy atom. The van der Waals surface area contributed by atoms with Gasteiger partial charge in [0, 0.05) is 17.5 Å². The van der Waals surface area contributed by atoms with E-state index in [-0.39, 0.29) is 12.2 Å². The van der Waals surface area contributed by atoms with Gasteiger partial charge in [-0.1, -0.05) is 55.8 Å². The van der Waals surface area contributed by atoms with Crippen LogP contribution in [0.5, 0.6) is 11.5 Å². The zero-order valence-corrected chi connectivity index (χ0v) is 17.6. The Hall–Kier alpha value is -3.34. The predicted octanol–water partition coefficient (Wildman–Crippen LogP) is 6.27. The average molecular weight is 422 g/mol. The van der Waals surface area contributed by atoms with Gasteiger partial charge in [-0.15, -0.1) is 0 Å². The molecule has 0 heterocycles. The van der Waals surface area contributed by atoms with Crippen LogP contribution in [0.3, 0.4) is 0 Å². The molecule has 0 atom stereocenters. The first-order valence-electron chi connectivity index (χ1n) is 10.5. The molecule has 0 aliphatic heterocycles. The molecule has 0 aliphatic rings. The minimum atomic E-state index is -0.822.